The van der Waals surface area contributed by atoms with Gasteiger partial charge in [-0.3, -0.25) is 9.78 Å². The molecular weight excluding hydrogens is 288 g/mol. The minimum atomic E-state index is -0.544. The lowest BCUT2D eigenvalue weighted by Gasteiger charge is -2.04. The van der Waals surface area contributed by atoms with Crippen molar-refractivity contribution >= 4 is 16.8 Å². The third-order valence-electron chi connectivity index (χ3n) is 3.55. The number of aryl methyl sites for hydroxylation is 1. The number of fused-ring (bicyclic) bond motifs is 1. The summed E-state index contributed by atoms with van der Waals surface area (Å²) in [6.07, 6.45) is 1.34. The van der Waals surface area contributed by atoms with Crippen molar-refractivity contribution in [3.05, 3.63) is 32.4 Å². The van der Waals surface area contributed by atoms with Gasteiger partial charge in [-0.05, 0) is 19.0 Å². The van der Waals surface area contributed by atoms with Crippen LogP contribution in [0.3, 0.4) is 0 Å². The van der Waals surface area contributed by atoms with Crippen molar-refractivity contribution in [3.63, 3.8) is 0 Å². The van der Waals surface area contributed by atoms with Crippen molar-refractivity contribution in [3.8, 4) is 6.01 Å². The summed E-state index contributed by atoms with van der Waals surface area (Å²) in [6.45, 7) is 3.48. The molecule has 0 bridgehead atoms. The molecule has 1 aliphatic rings. The number of likely N-dealkylation sites (tertiary alicyclic amines) is 1. The summed E-state index contributed by atoms with van der Waals surface area (Å²) in [5.74, 6) is 0. The van der Waals surface area contributed by atoms with Crippen LogP contribution >= 0.6 is 0 Å². The Hall–Kier alpha value is -2.48. The minimum absolute atomic E-state index is 0.0353. The maximum Gasteiger partial charge on any atom is 0.337 e. The van der Waals surface area contributed by atoms with E-state index in [-0.39, 0.29) is 17.1 Å². The molecule has 0 aliphatic carbocycles. The van der Waals surface area contributed by atoms with E-state index in [2.05, 4.69) is 20.0 Å². The SMILES string of the molecule is CCc1cc(=O)oc2nc(O/N=C3\CCN(C)C3)[nH]c(=O)c12. The van der Waals surface area contributed by atoms with Crippen LogP contribution in [0.2, 0.25) is 0 Å². The van der Waals surface area contributed by atoms with Crippen LogP contribution in [0.1, 0.15) is 18.9 Å². The van der Waals surface area contributed by atoms with Gasteiger partial charge in [-0.1, -0.05) is 12.1 Å². The van der Waals surface area contributed by atoms with E-state index in [1.165, 1.54) is 6.07 Å². The summed E-state index contributed by atoms with van der Waals surface area (Å²) >= 11 is 0. The van der Waals surface area contributed by atoms with Crippen molar-refractivity contribution in [1.29, 1.82) is 0 Å². The standard InChI is InChI=1S/C14H16N4O4/c1-3-8-6-10(19)21-13-11(8)12(20)15-14(16-13)22-17-9-4-5-18(2)7-9/h6H,3-5,7H2,1-2H3,(H,15,16,20)/b17-9+. The van der Waals surface area contributed by atoms with Crippen LogP contribution in [0.25, 0.3) is 11.1 Å². The fourth-order valence-corrected chi connectivity index (χ4v) is 2.42. The number of hydrogen-bond acceptors (Lipinski definition) is 7. The highest BCUT2D eigenvalue weighted by Crippen LogP contribution is 2.13. The first-order valence-corrected chi connectivity index (χ1v) is 7.05. The zero-order valence-electron chi connectivity index (χ0n) is 12.4. The zero-order valence-corrected chi connectivity index (χ0v) is 12.4. The number of H-pyrrole nitrogens is 1. The maximum atomic E-state index is 12.1. The number of nitrogens with one attached hydrogen (secondary N) is 1. The molecule has 3 heterocycles. The summed E-state index contributed by atoms with van der Waals surface area (Å²) in [5, 5.41) is 4.25. The van der Waals surface area contributed by atoms with Gasteiger partial charge in [0.05, 0.1) is 5.71 Å². The molecule has 0 aromatic carbocycles. The molecule has 116 valence electrons. The Kier molecular flexibility index (Phi) is 3.76. The normalized spacial score (nSPS) is 17.5. The molecule has 0 atom stereocenters. The van der Waals surface area contributed by atoms with Crippen LogP contribution in [-0.2, 0) is 6.42 Å². The smallest absolute Gasteiger partial charge is 0.337 e. The quantitative estimate of drug-likeness (QED) is 0.829. The second-order valence-corrected chi connectivity index (χ2v) is 5.23. The fourth-order valence-electron chi connectivity index (χ4n) is 2.42. The third kappa shape index (κ3) is 2.77. The Labute approximate surface area is 125 Å². The lowest BCUT2D eigenvalue weighted by molar-refractivity contribution is 0.309. The van der Waals surface area contributed by atoms with Gasteiger partial charge in [-0.25, -0.2) is 4.79 Å². The molecule has 0 amide bonds. The van der Waals surface area contributed by atoms with Crippen LogP contribution < -0.4 is 16.0 Å². The first kappa shape index (κ1) is 14.5. The summed E-state index contributed by atoms with van der Waals surface area (Å²) < 4.78 is 4.99. The summed E-state index contributed by atoms with van der Waals surface area (Å²) in [5.41, 5.74) is 0.470. The van der Waals surface area contributed by atoms with Crippen molar-refractivity contribution < 1.29 is 9.25 Å². The average molecular weight is 304 g/mol. The Morgan fingerprint density at radius 3 is 3.00 bits per heavy atom. The van der Waals surface area contributed by atoms with Crippen LogP contribution in [0, 0.1) is 0 Å². The molecule has 0 unspecified atom stereocenters. The van der Waals surface area contributed by atoms with E-state index in [0.29, 0.717) is 18.5 Å². The molecule has 1 aliphatic heterocycles. The van der Waals surface area contributed by atoms with Crippen molar-refractivity contribution in [2.45, 2.75) is 19.8 Å². The lowest BCUT2D eigenvalue weighted by Crippen LogP contribution is -2.15. The summed E-state index contributed by atoms with van der Waals surface area (Å²) in [4.78, 5) is 37.4. The van der Waals surface area contributed by atoms with E-state index in [1.807, 2.05) is 14.0 Å². The number of rotatable bonds is 3. The van der Waals surface area contributed by atoms with E-state index in [1.54, 1.807) is 0 Å². The van der Waals surface area contributed by atoms with Gasteiger partial charge in [0.1, 0.15) is 5.39 Å². The van der Waals surface area contributed by atoms with Gasteiger partial charge in [0.2, 0.25) is 5.71 Å². The summed E-state index contributed by atoms with van der Waals surface area (Å²) in [6, 6.07) is 1.21. The zero-order chi connectivity index (χ0) is 15.7. The minimum Gasteiger partial charge on any atom is -0.403 e. The van der Waals surface area contributed by atoms with Crippen LogP contribution in [0.4, 0.5) is 0 Å². The topological polar surface area (TPSA) is 101 Å². The average Bonchev–Trinajstić information content (AvgIpc) is 2.89. The third-order valence-corrected chi connectivity index (χ3v) is 3.55. The molecule has 1 saturated heterocycles. The predicted molar refractivity (Wildman–Crippen MR) is 80.5 cm³/mol. The van der Waals surface area contributed by atoms with Crippen molar-refractivity contribution in [2.24, 2.45) is 5.16 Å². The molecule has 8 nitrogen and oxygen atoms in total. The van der Waals surface area contributed by atoms with Gasteiger partial charge in [0, 0.05) is 25.6 Å². The molecule has 1 N–H and O–H groups in total. The number of nitrogens with zero attached hydrogens (tertiary/aromatic N) is 3. The first-order chi connectivity index (χ1) is 10.6. The number of oxime groups is 1. The second-order valence-electron chi connectivity index (χ2n) is 5.23. The Morgan fingerprint density at radius 1 is 1.50 bits per heavy atom. The van der Waals surface area contributed by atoms with Crippen molar-refractivity contribution in [2.75, 3.05) is 20.1 Å². The van der Waals surface area contributed by atoms with Gasteiger partial charge < -0.3 is 14.2 Å². The lowest BCUT2D eigenvalue weighted by atomic mass is 10.1. The first-order valence-electron chi connectivity index (χ1n) is 7.05. The number of hydrogen-bond donors (Lipinski definition) is 1. The molecule has 0 spiro atoms. The highest BCUT2D eigenvalue weighted by atomic mass is 16.6. The molecule has 22 heavy (non-hydrogen) atoms. The Bertz CT molecular complexity index is 852. The molecule has 1 fully saturated rings. The van der Waals surface area contributed by atoms with Gasteiger partial charge in [0.25, 0.3) is 5.56 Å². The monoisotopic (exact) mass is 304 g/mol. The molecule has 0 saturated carbocycles. The van der Waals surface area contributed by atoms with Gasteiger partial charge >= 0.3 is 11.6 Å². The maximum absolute atomic E-state index is 12.1. The molecule has 8 heteroatoms. The highest BCUT2D eigenvalue weighted by Gasteiger charge is 2.16. The number of aromatic nitrogens is 2. The Morgan fingerprint density at radius 2 is 2.32 bits per heavy atom. The fraction of sp³-hybridized carbons (Fsp3) is 0.429. The van der Waals surface area contributed by atoms with Crippen LogP contribution in [0.15, 0.2) is 25.2 Å². The van der Waals surface area contributed by atoms with Gasteiger partial charge in [0.15, 0.2) is 0 Å². The highest BCUT2D eigenvalue weighted by molar-refractivity contribution is 5.87. The largest absolute Gasteiger partial charge is 0.403 e. The van der Waals surface area contributed by atoms with E-state index in [4.69, 9.17) is 9.25 Å². The van der Waals surface area contributed by atoms with E-state index in [0.717, 1.165) is 18.7 Å². The number of aromatic amines is 1. The van der Waals surface area contributed by atoms with E-state index < -0.39 is 11.2 Å². The molecule has 2 aromatic heterocycles. The van der Waals surface area contributed by atoms with Gasteiger partial charge in [-0.2, -0.15) is 4.98 Å². The van der Waals surface area contributed by atoms with Crippen LogP contribution in [0.5, 0.6) is 6.01 Å². The van der Waals surface area contributed by atoms with E-state index >= 15 is 0 Å². The van der Waals surface area contributed by atoms with E-state index in [9.17, 15) is 9.59 Å². The van der Waals surface area contributed by atoms with Crippen molar-refractivity contribution in [1.82, 2.24) is 14.9 Å². The van der Waals surface area contributed by atoms with Gasteiger partial charge in [-0.15, -0.1) is 0 Å². The molecule has 3 rings (SSSR count). The molecule has 0 radical (unpaired) electrons. The molecule has 2 aromatic rings. The predicted octanol–water partition coefficient (Wildman–Crippen LogP) is 0.509. The summed E-state index contributed by atoms with van der Waals surface area (Å²) in [7, 11) is 1.99. The Balaban J connectivity index is 1.99. The van der Waals surface area contributed by atoms with Crippen LogP contribution in [-0.4, -0.2) is 40.7 Å². The second kappa shape index (κ2) is 5.72. The molecular formula is C14H16N4O4.